The molecule has 0 radical (unpaired) electrons. The van der Waals surface area contributed by atoms with Gasteiger partial charge >= 0.3 is 12.0 Å². The number of hydrogen-bond donors (Lipinski definition) is 3. The fourth-order valence-corrected chi connectivity index (χ4v) is 1.65. The van der Waals surface area contributed by atoms with Crippen molar-refractivity contribution in [1.82, 2.24) is 20.5 Å². The Balaban J connectivity index is 2.08. The number of aromatic carboxylic acids is 1. The first kappa shape index (κ1) is 13.5. The number of H-pyrrole nitrogens is 1. The average molecular weight is 275 g/mol. The van der Waals surface area contributed by atoms with E-state index >= 15 is 0 Å². The van der Waals surface area contributed by atoms with Crippen LogP contribution in [0.1, 0.15) is 16.2 Å². The number of aromatic nitrogens is 3. The molecular weight excluding hydrogens is 262 g/mol. The number of anilines is 1. The molecule has 3 N–H and O–H groups in total. The molecule has 0 saturated heterocycles. The van der Waals surface area contributed by atoms with Gasteiger partial charge in [0.15, 0.2) is 0 Å². The number of nitrogens with one attached hydrogen (secondary N) is 2. The third-order valence-electron chi connectivity index (χ3n) is 2.67. The number of aromatic amines is 1. The Kier molecular flexibility index (Phi) is 3.94. The van der Waals surface area contributed by atoms with Gasteiger partial charge in [-0.1, -0.05) is 12.1 Å². The van der Waals surface area contributed by atoms with Crippen LogP contribution in [0.3, 0.4) is 0 Å². The molecule has 0 bridgehead atoms. The summed E-state index contributed by atoms with van der Waals surface area (Å²) < 4.78 is 0. The number of amides is 2. The highest BCUT2D eigenvalue weighted by Crippen LogP contribution is 2.19. The normalized spacial score (nSPS) is 10.1. The second-order valence-electron chi connectivity index (χ2n) is 3.97. The number of carbonyl (C=O) groups is 2. The largest absolute Gasteiger partial charge is 0.478 e. The summed E-state index contributed by atoms with van der Waals surface area (Å²) in [5, 5.41) is 18.0. The Morgan fingerprint density at radius 3 is 2.80 bits per heavy atom. The zero-order valence-corrected chi connectivity index (χ0v) is 10.7. The standard InChI is InChI=1S/C12H13N5O3/c1-17(9-5-3-2-4-8(9)11(18)19)12(20)13-6-10-14-7-15-16-10/h2-5,7H,6H2,1H3,(H,13,20)(H,18,19)(H,14,15,16). The summed E-state index contributed by atoms with van der Waals surface area (Å²) in [6.45, 7) is 0.179. The number of carboxylic acids is 1. The minimum absolute atomic E-state index is 0.0600. The predicted octanol–water partition coefficient (Wildman–Crippen LogP) is 0.849. The Labute approximate surface area is 114 Å². The lowest BCUT2D eigenvalue weighted by molar-refractivity contribution is 0.0697. The van der Waals surface area contributed by atoms with Gasteiger partial charge in [-0.2, -0.15) is 5.10 Å². The number of carboxylic acid groups (broad SMARTS) is 1. The molecule has 0 atom stereocenters. The topological polar surface area (TPSA) is 111 Å². The lowest BCUT2D eigenvalue weighted by Gasteiger charge is -2.19. The minimum Gasteiger partial charge on any atom is -0.478 e. The van der Waals surface area contributed by atoms with Crippen molar-refractivity contribution >= 4 is 17.7 Å². The van der Waals surface area contributed by atoms with Crippen LogP contribution in [0.2, 0.25) is 0 Å². The molecule has 8 nitrogen and oxygen atoms in total. The lowest BCUT2D eigenvalue weighted by atomic mass is 10.1. The molecule has 0 spiro atoms. The molecule has 20 heavy (non-hydrogen) atoms. The molecule has 2 amide bonds. The number of rotatable bonds is 4. The van der Waals surface area contributed by atoms with E-state index in [9.17, 15) is 9.59 Å². The summed E-state index contributed by atoms with van der Waals surface area (Å²) in [6, 6.07) is 5.85. The summed E-state index contributed by atoms with van der Waals surface area (Å²) in [7, 11) is 1.50. The maximum Gasteiger partial charge on any atom is 0.337 e. The highest BCUT2D eigenvalue weighted by molar-refractivity contribution is 6.01. The third-order valence-corrected chi connectivity index (χ3v) is 2.67. The fraction of sp³-hybridized carbons (Fsp3) is 0.167. The molecule has 1 aromatic heterocycles. The molecular formula is C12H13N5O3. The van der Waals surface area contributed by atoms with E-state index in [1.807, 2.05) is 0 Å². The molecule has 104 valence electrons. The van der Waals surface area contributed by atoms with Crippen molar-refractivity contribution < 1.29 is 14.7 Å². The van der Waals surface area contributed by atoms with Crippen LogP contribution in [-0.4, -0.2) is 39.3 Å². The predicted molar refractivity (Wildman–Crippen MR) is 70.4 cm³/mol. The Morgan fingerprint density at radius 2 is 2.15 bits per heavy atom. The summed E-state index contributed by atoms with van der Waals surface area (Å²) in [4.78, 5) is 28.2. The number of benzene rings is 1. The van der Waals surface area contributed by atoms with E-state index in [0.29, 0.717) is 11.5 Å². The smallest absolute Gasteiger partial charge is 0.337 e. The molecule has 2 rings (SSSR count). The maximum absolute atomic E-state index is 12.0. The van der Waals surface area contributed by atoms with Gasteiger partial charge < -0.3 is 10.4 Å². The molecule has 0 aliphatic rings. The van der Waals surface area contributed by atoms with Crippen LogP contribution in [-0.2, 0) is 6.54 Å². The summed E-state index contributed by atoms with van der Waals surface area (Å²) in [6.07, 6.45) is 1.34. The van der Waals surface area contributed by atoms with E-state index in [0.717, 1.165) is 0 Å². The fourth-order valence-electron chi connectivity index (χ4n) is 1.65. The highest BCUT2D eigenvalue weighted by Gasteiger charge is 2.17. The number of carbonyl (C=O) groups excluding carboxylic acids is 1. The summed E-state index contributed by atoms with van der Waals surface area (Å²) in [5.41, 5.74) is 0.375. The van der Waals surface area contributed by atoms with Crippen LogP contribution in [0.5, 0.6) is 0 Å². The number of hydrogen-bond acceptors (Lipinski definition) is 4. The van der Waals surface area contributed by atoms with Crippen molar-refractivity contribution in [3.63, 3.8) is 0 Å². The third kappa shape index (κ3) is 2.91. The number of urea groups is 1. The van der Waals surface area contributed by atoms with Crippen LogP contribution in [0.4, 0.5) is 10.5 Å². The van der Waals surface area contributed by atoms with Crippen molar-refractivity contribution in [2.24, 2.45) is 0 Å². The van der Waals surface area contributed by atoms with Gasteiger partial charge in [-0.3, -0.25) is 10.00 Å². The Hall–Kier alpha value is -2.90. The van der Waals surface area contributed by atoms with Gasteiger partial charge in [-0.05, 0) is 12.1 Å². The molecule has 0 unspecified atom stereocenters. The van der Waals surface area contributed by atoms with Crippen molar-refractivity contribution in [1.29, 1.82) is 0 Å². The van der Waals surface area contributed by atoms with Crippen LogP contribution in [0.25, 0.3) is 0 Å². The van der Waals surface area contributed by atoms with Crippen LogP contribution in [0.15, 0.2) is 30.6 Å². The number of nitrogens with zero attached hydrogens (tertiary/aromatic N) is 3. The van der Waals surface area contributed by atoms with E-state index in [4.69, 9.17) is 5.11 Å². The van der Waals surface area contributed by atoms with Gasteiger partial charge in [0.25, 0.3) is 0 Å². The molecule has 0 saturated carbocycles. The van der Waals surface area contributed by atoms with E-state index in [1.54, 1.807) is 18.2 Å². The first-order valence-corrected chi connectivity index (χ1v) is 5.77. The quantitative estimate of drug-likeness (QED) is 0.766. The SMILES string of the molecule is CN(C(=O)NCc1ncn[nH]1)c1ccccc1C(=O)O. The highest BCUT2D eigenvalue weighted by atomic mass is 16.4. The first-order chi connectivity index (χ1) is 9.59. The minimum atomic E-state index is -1.09. The monoisotopic (exact) mass is 275 g/mol. The van der Waals surface area contributed by atoms with Crippen molar-refractivity contribution in [3.05, 3.63) is 42.0 Å². The van der Waals surface area contributed by atoms with Crippen molar-refractivity contribution in [2.75, 3.05) is 11.9 Å². The molecule has 0 aliphatic carbocycles. The Morgan fingerprint density at radius 1 is 1.40 bits per heavy atom. The zero-order valence-electron chi connectivity index (χ0n) is 10.7. The van der Waals surface area contributed by atoms with E-state index in [2.05, 4.69) is 20.5 Å². The average Bonchev–Trinajstić information content (AvgIpc) is 2.97. The van der Waals surface area contributed by atoms with Crippen LogP contribution < -0.4 is 10.2 Å². The van der Waals surface area contributed by atoms with Gasteiger partial charge in [0, 0.05) is 7.05 Å². The van der Waals surface area contributed by atoms with E-state index in [-0.39, 0.29) is 12.1 Å². The van der Waals surface area contributed by atoms with Crippen molar-refractivity contribution in [3.8, 4) is 0 Å². The van der Waals surface area contributed by atoms with Gasteiger partial charge in [0.2, 0.25) is 0 Å². The first-order valence-electron chi connectivity index (χ1n) is 5.77. The molecule has 0 fully saturated rings. The number of para-hydroxylation sites is 1. The van der Waals surface area contributed by atoms with Gasteiger partial charge in [0.1, 0.15) is 12.2 Å². The molecule has 1 heterocycles. The molecule has 2 aromatic rings. The van der Waals surface area contributed by atoms with Crippen LogP contribution in [0, 0.1) is 0 Å². The summed E-state index contributed by atoms with van der Waals surface area (Å²) in [5.74, 6) is -0.575. The van der Waals surface area contributed by atoms with E-state index < -0.39 is 12.0 Å². The lowest BCUT2D eigenvalue weighted by Crippen LogP contribution is -2.37. The van der Waals surface area contributed by atoms with Gasteiger partial charge in [-0.15, -0.1) is 0 Å². The molecule has 1 aromatic carbocycles. The maximum atomic E-state index is 12.0. The second-order valence-corrected chi connectivity index (χ2v) is 3.97. The van der Waals surface area contributed by atoms with Crippen molar-refractivity contribution in [2.45, 2.75) is 6.54 Å². The van der Waals surface area contributed by atoms with Crippen LogP contribution >= 0.6 is 0 Å². The summed E-state index contributed by atoms with van der Waals surface area (Å²) >= 11 is 0. The van der Waals surface area contributed by atoms with Gasteiger partial charge in [-0.25, -0.2) is 14.6 Å². The van der Waals surface area contributed by atoms with E-state index in [1.165, 1.54) is 24.3 Å². The second kappa shape index (κ2) is 5.83. The molecule has 8 heteroatoms. The Bertz CT molecular complexity index is 611. The zero-order chi connectivity index (χ0) is 14.5. The van der Waals surface area contributed by atoms with Gasteiger partial charge in [0.05, 0.1) is 17.8 Å². The molecule has 0 aliphatic heterocycles.